The van der Waals surface area contributed by atoms with Gasteiger partial charge >= 0.3 is 0 Å². The molecule has 0 saturated carbocycles. The van der Waals surface area contributed by atoms with Gasteiger partial charge in [0.05, 0.1) is 13.3 Å². The molecule has 1 fully saturated rings. The highest BCUT2D eigenvalue weighted by atomic mass is 16.5. The first-order valence-corrected chi connectivity index (χ1v) is 5.90. The maximum absolute atomic E-state index is 12.6. The monoisotopic (exact) mass is 237 g/mol. The largest absolute Gasteiger partial charge is 0.493 e. The van der Waals surface area contributed by atoms with Crippen LogP contribution in [0.4, 0.5) is 0 Å². The summed E-state index contributed by atoms with van der Waals surface area (Å²) in [5, 5.41) is 7.37. The Bertz CT molecular complexity index is 419. The molecule has 1 aromatic heterocycles. The van der Waals surface area contributed by atoms with E-state index in [2.05, 4.69) is 10.4 Å². The second kappa shape index (κ2) is 4.49. The summed E-state index contributed by atoms with van der Waals surface area (Å²) in [5.74, 6) is 0.672. The number of Topliss-reactive ketones (excluding diaryl/α,β-unsaturated/α-hetero) is 1. The molecule has 1 atom stereocenters. The first-order chi connectivity index (χ1) is 8.08. The lowest BCUT2D eigenvalue weighted by Crippen LogP contribution is -2.44. The molecule has 2 rings (SSSR count). The second-order valence-electron chi connectivity index (χ2n) is 4.86. The smallest absolute Gasteiger partial charge is 0.191 e. The third-order valence-corrected chi connectivity index (χ3v) is 3.49. The van der Waals surface area contributed by atoms with Gasteiger partial charge in [-0.2, -0.15) is 5.10 Å². The molecule has 1 saturated heterocycles. The van der Waals surface area contributed by atoms with Gasteiger partial charge in [0.25, 0.3) is 0 Å². The van der Waals surface area contributed by atoms with E-state index in [4.69, 9.17) is 4.74 Å². The highest BCUT2D eigenvalue weighted by Crippen LogP contribution is 2.32. The third-order valence-electron chi connectivity index (χ3n) is 3.49. The summed E-state index contributed by atoms with van der Waals surface area (Å²) in [6, 6.07) is 0. The molecule has 0 bridgehead atoms. The molecule has 1 aliphatic heterocycles. The number of nitrogens with zero attached hydrogens (tertiary/aromatic N) is 2. The molecule has 94 valence electrons. The van der Waals surface area contributed by atoms with Gasteiger partial charge in [-0.3, -0.25) is 9.48 Å². The molecule has 0 spiro atoms. The highest BCUT2D eigenvalue weighted by molar-refractivity contribution is 6.01. The number of nitrogens with one attached hydrogen (secondary N) is 1. The van der Waals surface area contributed by atoms with Crippen molar-refractivity contribution in [3.63, 3.8) is 0 Å². The van der Waals surface area contributed by atoms with Crippen molar-refractivity contribution in [1.82, 2.24) is 15.1 Å². The molecule has 1 aromatic rings. The molecule has 1 unspecified atom stereocenters. The van der Waals surface area contributed by atoms with Gasteiger partial charge < -0.3 is 10.1 Å². The Morgan fingerprint density at radius 2 is 2.41 bits per heavy atom. The van der Waals surface area contributed by atoms with E-state index in [0.29, 0.717) is 11.4 Å². The zero-order valence-corrected chi connectivity index (χ0v) is 10.6. The number of hydrogen-bond donors (Lipinski definition) is 1. The van der Waals surface area contributed by atoms with E-state index in [-0.39, 0.29) is 11.2 Å². The minimum Gasteiger partial charge on any atom is -0.493 e. The molecule has 5 heteroatoms. The number of ether oxygens (including phenoxy) is 1. The van der Waals surface area contributed by atoms with Crippen LogP contribution < -0.4 is 10.1 Å². The van der Waals surface area contributed by atoms with E-state index in [1.807, 2.05) is 6.92 Å². The van der Waals surface area contributed by atoms with Gasteiger partial charge in [0.2, 0.25) is 0 Å². The van der Waals surface area contributed by atoms with Crippen molar-refractivity contribution < 1.29 is 9.53 Å². The fraction of sp³-hybridized carbons (Fsp3) is 0.667. The number of aryl methyl sites for hydroxylation is 1. The fourth-order valence-electron chi connectivity index (χ4n) is 2.36. The number of carbonyl (C=O) groups excluding carboxylic acids is 1. The molecular formula is C12H19N3O2. The Morgan fingerprint density at radius 1 is 1.65 bits per heavy atom. The first-order valence-electron chi connectivity index (χ1n) is 5.90. The van der Waals surface area contributed by atoms with Gasteiger partial charge in [-0.05, 0) is 19.4 Å². The Morgan fingerprint density at radius 3 is 3.00 bits per heavy atom. The van der Waals surface area contributed by atoms with E-state index >= 15 is 0 Å². The molecular weight excluding hydrogens is 218 g/mol. The van der Waals surface area contributed by atoms with Crippen LogP contribution in [0.25, 0.3) is 0 Å². The Labute approximate surface area is 101 Å². The molecule has 0 aliphatic carbocycles. The maximum Gasteiger partial charge on any atom is 0.191 e. The van der Waals surface area contributed by atoms with E-state index in [0.717, 1.165) is 25.9 Å². The van der Waals surface area contributed by atoms with Gasteiger partial charge in [0.15, 0.2) is 11.5 Å². The molecule has 5 nitrogen and oxygen atoms in total. The molecule has 2 heterocycles. The first kappa shape index (κ1) is 12.1. The molecule has 17 heavy (non-hydrogen) atoms. The van der Waals surface area contributed by atoms with Gasteiger partial charge in [-0.1, -0.05) is 6.92 Å². The minimum absolute atomic E-state index is 0.113. The number of rotatable bonds is 3. The lowest BCUT2D eigenvalue weighted by Gasteiger charge is -2.32. The van der Waals surface area contributed by atoms with Crippen molar-refractivity contribution >= 4 is 5.78 Å². The van der Waals surface area contributed by atoms with Crippen LogP contribution in [0.5, 0.6) is 5.75 Å². The molecule has 1 N–H and O–H groups in total. The summed E-state index contributed by atoms with van der Waals surface area (Å²) in [7, 11) is 3.34. The molecule has 1 aliphatic rings. The number of aromatic nitrogens is 2. The van der Waals surface area contributed by atoms with Crippen molar-refractivity contribution in [2.75, 3.05) is 20.2 Å². The van der Waals surface area contributed by atoms with Crippen molar-refractivity contribution in [3.8, 4) is 5.75 Å². The molecule has 0 amide bonds. The van der Waals surface area contributed by atoms with Crippen LogP contribution in [-0.2, 0) is 7.05 Å². The van der Waals surface area contributed by atoms with Crippen LogP contribution in [0.15, 0.2) is 6.20 Å². The zero-order valence-electron chi connectivity index (χ0n) is 10.6. The van der Waals surface area contributed by atoms with Crippen LogP contribution in [0.3, 0.4) is 0 Å². The van der Waals surface area contributed by atoms with Crippen LogP contribution in [-0.4, -0.2) is 35.8 Å². The Hall–Kier alpha value is -1.36. The third kappa shape index (κ3) is 2.07. The predicted octanol–water partition coefficient (Wildman–Crippen LogP) is 1.00. The SMILES string of the molecule is COc1cnn(C)c1C(=O)C1(C)CCCNC1. The number of ketones is 1. The zero-order chi connectivity index (χ0) is 12.5. The van der Waals surface area contributed by atoms with E-state index in [9.17, 15) is 4.79 Å². The summed E-state index contributed by atoms with van der Waals surface area (Å²) >= 11 is 0. The summed E-state index contributed by atoms with van der Waals surface area (Å²) < 4.78 is 6.80. The van der Waals surface area contributed by atoms with Crippen LogP contribution >= 0.6 is 0 Å². The van der Waals surface area contributed by atoms with E-state index < -0.39 is 0 Å². The van der Waals surface area contributed by atoms with Crippen molar-refractivity contribution in [2.24, 2.45) is 12.5 Å². The molecule has 0 radical (unpaired) electrons. The van der Waals surface area contributed by atoms with Crippen LogP contribution in [0, 0.1) is 5.41 Å². The summed E-state index contributed by atoms with van der Waals surface area (Å²) in [4.78, 5) is 12.6. The van der Waals surface area contributed by atoms with Gasteiger partial charge in [-0.25, -0.2) is 0 Å². The van der Waals surface area contributed by atoms with Crippen molar-refractivity contribution in [2.45, 2.75) is 19.8 Å². The fourth-order valence-corrected chi connectivity index (χ4v) is 2.36. The summed E-state index contributed by atoms with van der Waals surface area (Å²) in [5.41, 5.74) is 0.220. The average Bonchev–Trinajstić information content (AvgIpc) is 2.70. The summed E-state index contributed by atoms with van der Waals surface area (Å²) in [6.07, 6.45) is 3.53. The lowest BCUT2D eigenvalue weighted by molar-refractivity contribution is 0.0759. The lowest BCUT2D eigenvalue weighted by atomic mass is 9.77. The maximum atomic E-state index is 12.6. The molecule has 0 aromatic carbocycles. The van der Waals surface area contributed by atoms with Crippen molar-refractivity contribution in [1.29, 1.82) is 0 Å². The Balaban J connectivity index is 2.32. The second-order valence-corrected chi connectivity index (χ2v) is 4.86. The normalized spacial score (nSPS) is 24.6. The predicted molar refractivity (Wildman–Crippen MR) is 64.3 cm³/mol. The highest BCUT2D eigenvalue weighted by Gasteiger charge is 2.38. The van der Waals surface area contributed by atoms with Gasteiger partial charge in [0.1, 0.15) is 5.69 Å². The average molecular weight is 237 g/mol. The van der Waals surface area contributed by atoms with E-state index in [1.165, 1.54) is 0 Å². The van der Waals surface area contributed by atoms with Crippen molar-refractivity contribution in [3.05, 3.63) is 11.9 Å². The number of carbonyl (C=O) groups is 1. The van der Waals surface area contributed by atoms with E-state index in [1.54, 1.807) is 25.0 Å². The Kier molecular flexibility index (Phi) is 3.19. The summed E-state index contributed by atoms with van der Waals surface area (Å²) in [6.45, 7) is 3.72. The van der Waals surface area contributed by atoms with Crippen LogP contribution in [0.1, 0.15) is 30.3 Å². The van der Waals surface area contributed by atoms with Gasteiger partial charge in [-0.15, -0.1) is 0 Å². The topological polar surface area (TPSA) is 56.2 Å². The van der Waals surface area contributed by atoms with Crippen LogP contribution in [0.2, 0.25) is 0 Å². The number of hydrogen-bond acceptors (Lipinski definition) is 4. The van der Waals surface area contributed by atoms with Gasteiger partial charge in [0, 0.05) is 19.0 Å². The standard InChI is InChI=1S/C12H19N3O2/c1-12(5-4-6-13-8-12)11(16)10-9(17-3)7-14-15(10)2/h7,13H,4-6,8H2,1-3H3. The quantitative estimate of drug-likeness (QED) is 0.797. The number of methoxy groups -OCH3 is 1. The minimum atomic E-state index is -0.348. The number of piperidine rings is 1.